The monoisotopic (exact) mass is 384 g/mol. The van der Waals surface area contributed by atoms with Crippen LogP contribution in [-0.2, 0) is 6.42 Å². The summed E-state index contributed by atoms with van der Waals surface area (Å²) in [5.41, 5.74) is 4.98. The van der Waals surface area contributed by atoms with Gasteiger partial charge < -0.3 is 10.0 Å². The van der Waals surface area contributed by atoms with Crippen LogP contribution in [0.5, 0.6) is 0 Å². The van der Waals surface area contributed by atoms with Crippen LogP contribution in [0.15, 0.2) is 42.5 Å². The van der Waals surface area contributed by atoms with Crippen LogP contribution in [0, 0.1) is 0 Å². The molecular formula is C23H30BClO2. The summed E-state index contributed by atoms with van der Waals surface area (Å²) in [5.74, 6) is 0.298. The minimum atomic E-state index is -1.48. The van der Waals surface area contributed by atoms with Gasteiger partial charge in [-0.05, 0) is 65.7 Å². The molecule has 0 aliphatic heterocycles. The zero-order valence-corrected chi connectivity index (χ0v) is 17.0. The fourth-order valence-electron chi connectivity index (χ4n) is 4.32. The van der Waals surface area contributed by atoms with E-state index >= 15 is 0 Å². The van der Waals surface area contributed by atoms with Crippen LogP contribution in [0.3, 0.4) is 0 Å². The summed E-state index contributed by atoms with van der Waals surface area (Å²) >= 11 is 6.39. The molecule has 2 unspecified atom stereocenters. The lowest BCUT2D eigenvalue weighted by Gasteiger charge is -2.28. The van der Waals surface area contributed by atoms with Gasteiger partial charge in [0.1, 0.15) is 0 Å². The van der Waals surface area contributed by atoms with Crippen molar-refractivity contribution in [3.8, 4) is 11.1 Å². The van der Waals surface area contributed by atoms with Gasteiger partial charge in [0.15, 0.2) is 0 Å². The summed E-state index contributed by atoms with van der Waals surface area (Å²) in [6.45, 7) is 2.22. The Labute approximate surface area is 168 Å². The number of alkyl halides is 1. The molecule has 0 heterocycles. The van der Waals surface area contributed by atoms with Gasteiger partial charge >= 0.3 is 7.12 Å². The second-order valence-corrected chi connectivity index (χ2v) is 8.41. The lowest BCUT2D eigenvalue weighted by molar-refractivity contribution is 0.421. The van der Waals surface area contributed by atoms with Gasteiger partial charge in [0.25, 0.3) is 0 Å². The van der Waals surface area contributed by atoms with Crippen LogP contribution in [-0.4, -0.2) is 22.5 Å². The number of unbranched alkanes of at least 4 members (excludes halogenated alkanes) is 2. The fourth-order valence-corrected chi connectivity index (χ4v) is 4.69. The van der Waals surface area contributed by atoms with Crippen molar-refractivity contribution in [3.63, 3.8) is 0 Å². The zero-order valence-electron chi connectivity index (χ0n) is 16.2. The smallest absolute Gasteiger partial charge is 0.423 e. The molecule has 0 saturated heterocycles. The maximum atomic E-state index is 10.2. The highest BCUT2D eigenvalue weighted by atomic mass is 35.5. The fraction of sp³-hybridized carbons (Fsp3) is 0.478. The first kappa shape index (κ1) is 20.4. The summed E-state index contributed by atoms with van der Waals surface area (Å²) in [6.07, 6.45) is 8.91. The van der Waals surface area contributed by atoms with E-state index in [0.717, 1.165) is 48.8 Å². The highest BCUT2D eigenvalue weighted by Crippen LogP contribution is 2.36. The Hall–Kier alpha value is -1.29. The molecule has 0 amide bonds. The Morgan fingerprint density at radius 3 is 2.48 bits per heavy atom. The lowest BCUT2D eigenvalue weighted by Crippen LogP contribution is -2.36. The number of hydrogen-bond acceptors (Lipinski definition) is 2. The van der Waals surface area contributed by atoms with Crippen molar-refractivity contribution >= 4 is 24.2 Å². The van der Waals surface area contributed by atoms with Crippen LogP contribution in [0.1, 0.15) is 68.9 Å². The summed E-state index contributed by atoms with van der Waals surface area (Å²) < 4.78 is 0. The minimum absolute atomic E-state index is 0.179. The van der Waals surface area contributed by atoms with Gasteiger partial charge in [-0.15, -0.1) is 11.6 Å². The van der Waals surface area contributed by atoms with Crippen LogP contribution < -0.4 is 5.46 Å². The molecule has 27 heavy (non-hydrogen) atoms. The number of aryl methyl sites for hydroxylation is 1. The van der Waals surface area contributed by atoms with Gasteiger partial charge in [0.05, 0.1) is 0 Å². The number of benzene rings is 2. The third kappa shape index (κ3) is 5.16. The molecule has 1 aliphatic carbocycles. The molecule has 2 aromatic rings. The van der Waals surface area contributed by atoms with E-state index in [1.54, 1.807) is 0 Å². The van der Waals surface area contributed by atoms with E-state index in [0.29, 0.717) is 11.4 Å². The molecule has 2 atom stereocenters. The predicted molar refractivity (Wildman–Crippen MR) is 116 cm³/mol. The average molecular weight is 385 g/mol. The van der Waals surface area contributed by atoms with E-state index in [9.17, 15) is 10.0 Å². The number of hydrogen-bond donors (Lipinski definition) is 2. The van der Waals surface area contributed by atoms with Crippen LogP contribution in [0.25, 0.3) is 11.1 Å². The van der Waals surface area contributed by atoms with Crippen molar-refractivity contribution in [1.82, 2.24) is 0 Å². The largest absolute Gasteiger partial charge is 0.489 e. The molecule has 4 heteroatoms. The minimum Gasteiger partial charge on any atom is -0.423 e. The Morgan fingerprint density at radius 2 is 1.81 bits per heavy atom. The quantitative estimate of drug-likeness (QED) is 0.399. The Morgan fingerprint density at radius 1 is 1.04 bits per heavy atom. The Kier molecular flexibility index (Phi) is 7.40. The SMILES string of the molecule is CCCCCc1ccc(-c2cccc(C3CCCC(Cl)C3)c2B(O)O)cc1. The van der Waals surface area contributed by atoms with E-state index in [-0.39, 0.29) is 5.38 Å². The number of halogens is 1. The maximum absolute atomic E-state index is 10.2. The van der Waals surface area contributed by atoms with Gasteiger partial charge in [-0.2, -0.15) is 0 Å². The molecule has 0 bridgehead atoms. The Bertz CT molecular complexity index is 730. The summed E-state index contributed by atoms with van der Waals surface area (Å²) in [6, 6.07) is 14.6. The molecule has 144 valence electrons. The van der Waals surface area contributed by atoms with Crippen molar-refractivity contribution in [3.05, 3.63) is 53.6 Å². The molecule has 2 N–H and O–H groups in total. The van der Waals surface area contributed by atoms with E-state index in [1.807, 2.05) is 18.2 Å². The van der Waals surface area contributed by atoms with Crippen LogP contribution in [0.4, 0.5) is 0 Å². The standard InChI is InChI=1S/C23H30BClO2/c1-2-3-4-7-17-12-14-18(15-13-17)21-10-6-11-22(23(21)24(26)27)19-8-5-9-20(25)16-19/h6,10-15,19-20,26-27H,2-5,7-9,16H2,1H3. The maximum Gasteiger partial charge on any atom is 0.489 e. The average Bonchev–Trinajstić information content (AvgIpc) is 2.68. The highest BCUT2D eigenvalue weighted by Gasteiger charge is 2.28. The molecular weight excluding hydrogens is 355 g/mol. The highest BCUT2D eigenvalue weighted by molar-refractivity contribution is 6.61. The molecule has 1 fully saturated rings. The normalized spacial score (nSPS) is 19.9. The second kappa shape index (κ2) is 9.77. The summed E-state index contributed by atoms with van der Waals surface area (Å²) in [7, 11) is -1.48. The van der Waals surface area contributed by atoms with Gasteiger partial charge in [0.2, 0.25) is 0 Å². The summed E-state index contributed by atoms with van der Waals surface area (Å²) in [4.78, 5) is 0. The zero-order chi connectivity index (χ0) is 19.2. The molecule has 1 saturated carbocycles. The van der Waals surface area contributed by atoms with Crippen molar-refractivity contribution in [2.24, 2.45) is 0 Å². The molecule has 0 spiro atoms. The van der Waals surface area contributed by atoms with E-state index in [2.05, 4.69) is 31.2 Å². The van der Waals surface area contributed by atoms with Crippen LogP contribution >= 0.6 is 11.6 Å². The molecule has 0 radical (unpaired) electrons. The number of rotatable bonds is 7. The third-order valence-electron chi connectivity index (χ3n) is 5.78. The van der Waals surface area contributed by atoms with Crippen LogP contribution in [0.2, 0.25) is 0 Å². The predicted octanol–water partition coefficient (Wildman–Crippen LogP) is 5.03. The first-order valence-electron chi connectivity index (χ1n) is 10.3. The molecule has 1 aliphatic rings. The second-order valence-electron chi connectivity index (χ2n) is 7.80. The molecule has 2 aromatic carbocycles. The molecule has 2 nitrogen and oxygen atoms in total. The Balaban J connectivity index is 1.90. The van der Waals surface area contributed by atoms with Crippen molar-refractivity contribution in [2.75, 3.05) is 0 Å². The molecule has 0 aromatic heterocycles. The lowest BCUT2D eigenvalue weighted by atomic mass is 9.68. The van der Waals surface area contributed by atoms with Crippen molar-refractivity contribution in [1.29, 1.82) is 0 Å². The van der Waals surface area contributed by atoms with Crippen molar-refractivity contribution in [2.45, 2.75) is 69.6 Å². The van der Waals surface area contributed by atoms with E-state index in [4.69, 9.17) is 11.6 Å². The van der Waals surface area contributed by atoms with Gasteiger partial charge in [-0.3, -0.25) is 0 Å². The molecule has 3 rings (SSSR count). The topological polar surface area (TPSA) is 40.5 Å². The first-order chi connectivity index (χ1) is 13.1. The summed E-state index contributed by atoms with van der Waals surface area (Å²) in [5, 5.41) is 20.5. The van der Waals surface area contributed by atoms with Gasteiger partial charge in [-0.1, -0.05) is 68.7 Å². The van der Waals surface area contributed by atoms with Gasteiger partial charge in [-0.25, -0.2) is 0 Å². The first-order valence-corrected chi connectivity index (χ1v) is 10.8. The van der Waals surface area contributed by atoms with Crippen molar-refractivity contribution < 1.29 is 10.0 Å². The van der Waals surface area contributed by atoms with E-state index < -0.39 is 7.12 Å². The third-order valence-corrected chi connectivity index (χ3v) is 6.18. The van der Waals surface area contributed by atoms with Gasteiger partial charge in [0, 0.05) is 5.38 Å². The van der Waals surface area contributed by atoms with E-state index in [1.165, 1.54) is 24.8 Å².